The van der Waals surface area contributed by atoms with Crippen molar-refractivity contribution in [3.05, 3.63) is 72.4 Å². The van der Waals surface area contributed by atoms with Gasteiger partial charge in [0.2, 0.25) is 5.88 Å². The summed E-state index contributed by atoms with van der Waals surface area (Å²) in [5.74, 6) is 2.23. The molecule has 2 amide bonds. The number of hydrogen-bond acceptors (Lipinski definition) is 6. The minimum atomic E-state index is -0.386. The SMILES string of the molecule is CCc1nccc(-c2cccnc2Oc2ccc(NC(=O)Nc3cc(C)[nH]n3)cc2)n1. The smallest absolute Gasteiger partial charge is 0.324 e. The summed E-state index contributed by atoms with van der Waals surface area (Å²) >= 11 is 0. The average molecular weight is 415 g/mol. The molecule has 0 radical (unpaired) electrons. The summed E-state index contributed by atoms with van der Waals surface area (Å²) in [6.07, 6.45) is 4.14. The number of benzene rings is 1. The molecule has 9 nitrogen and oxygen atoms in total. The van der Waals surface area contributed by atoms with E-state index >= 15 is 0 Å². The Labute approximate surface area is 178 Å². The van der Waals surface area contributed by atoms with Crippen LogP contribution >= 0.6 is 0 Å². The van der Waals surface area contributed by atoms with Crippen LogP contribution in [0.1, 0.15) is 18.4 Å². The fraction of sp³-hybridized carbons (Fsp3) is 0.136. The van der Waals surface area contributed by atoms with Crippen molar-refractivity contribution in [2.75, 3.05) is 10.6 Å². The summed E-state index contributed by atoms with van der Waals surface area (Å²) < 4.78 is 5.98. The van der Waals surface area contributed by atoms with Gasteiger partial charge in [-0.3, -0.25) is 10.4 Å². The van der Waals surface area contributed by atoms with Crippen LogP contribution in [0.15, 0.2) is 60.9 Å². The van der Waals surface area contributed by atoms with Crippen LogP contribution in [0.5, 0.6) is 11.6 Å². The minimum Gasteiger partial charge on any atom is -0.438 e. The van der Waals surface area contributed by atoms with Gasteiger partial charge in [-0.05, 0) is 49.4 Å². The molecule has 0 unspecified atom stereocenters. The lowest BCUT2D eigenvalue weighted by Gasteiger charge is -2.11. The van der Waals surface area contributed by atoms with Gasteiger partial charge >= 0.3 is 6.03 Å². The van der Waals surface area contributed by atoms with E-state index in [0.29, 0.717) is 23.1 Å². The predicted molar refractivity (Wildman–Crippen MR) is 117 cm³/mol. The Morgan fingerprint density at radius 1 is 1.06 bits per heavy atom. The van der Waals surface area contributed by atoms with Crippen molar-refractivity contribution < 1.29 is 9.53 Å². The monoisotopic (exact) mass is 415 g/mol. The van der Waals surface area contributed by atoms with E-state index in [4.69, 9.17) is 4.74 Å². The number of H-pyrrole nitrogens is 1. The molecule has 0 aliphatic rings. The molecule has 0 bridgehead atoms. The van der Waals surface area contributed by atoms with E-state index in [9.17, 15) is 4.79 Å². The van der Waals surface area contributed by atoms with E-state index in [1.54, 1.807) is 42.7 Å². The lowest BCUT2D eigenvalue weighted by molar-refractivity contribution is 0.262. The van der Waals surface area contributed by atoms with Crippen molar-refractivity contribution in [1.29, 1.82) is 0 Å². The normalized spacial score (nSPS) is 10.5. The zero-order valence-electron chi connectivity index (χ0n) is 17.1. The van der Waals surface area contributed by atoms with Crippen LogP contribution in [-0.2, 0) is 6.42 Å². The number of pyridine rings is 1. The van der Waals surface area contributed by atoms with E-state index in [1.807, 2.05) is 32.0 Å². The predicted octanol–water partition coefficient (Wildman–Crippen LogP) is 4.57. The molecular formula is C22H21N7O2. The zero-order valence-corrected chi connectivity index (χ0v) is 17.1. The zero-order chi connectivity index (χ0) is 21.6. The summed E-state index contributed by atoms with van der Waals surface area (Å²) in [6.45, 7) is 3.86. The first-order valence-electron chi connectivity index (χ1n) is 9.76. The molecule has 156 valence electrons. The highest BCUT2D eigenvalue weighted by molar-refractivity contribution is 5.99. The third-order valence-electron chi connectivity index (χ3n) is 4.34. The number of nitrogens with one attached hydrogen (secondary N) is 3. The summed E-state index contributed by atoms with van der Waals surface area (Å²) in [6, 6.07) is 13.9. The lowest BCUT2D eigenvalue weighted by atomic mass is 10.2. The van der Waals surface area contributed by atoms with Crippen molar-refractivity contribution in [2.24, 2.45) is 0 Å². The quantitative estimate of drug-likeness (QED) is 0.425. The number of rotatable bonds is 6. The Morgan fingerprint density at radius 2 is 1.90 bits per heavy atom. The minimum absolute atomic E-state index is 0.386. The fourth-order valence-corrected chi connectivity index (χ4v) is 2.87. The number of anilines is 2. The number of carbonyl (C=O) groups is 1. The lowest BCUT2D eigenvalue weighted by Crippen LogP contribution is -2.19. The van der Waals surface area contributed by atoms with Crippen LogP contribution in [0.3, 0.4) is 0 Å². The second-order valence-electron chi connectivity index (χ2n) is 6.71. The van der Waals surface area contributed by atoms with Crippen molar-refractivity contribution >= 4 is 17.5 Å². The standard InChI is InChI=1S/C22H21N7O2/c1-3-19-23-12-10-18(26-19)17-5-4-11-24-21(17)31-16-8-6-15(7-9-16)25-22(30)27-20-13-14(2)28-29-20/h4-13H,3H2,1-2H3,(H3,25,27,28,29,30). The summed E-state index contributed by atoms with van der Waals surface area (Å²) in [5.41, 5.74) is 2.99. The highest BCUT2D eigenvalue weighted by Gasteiger charge is 2.11. The molecule has 4 aromatic rings. The van der Waals surface area contributed by atoms with E-state index in [0.717, 1.165) is 29.2 Å². The fourth-order valence-electron chi connectivity index (χ4n) is 2.87. The maximum absolute atomic E-state index is 12.1. The third-order valence-corrected chi connectivity index (χ3v) is 4.34. The Kier molecular flexibility index (Phi) is 5.84. The van der Waals surface area contributed by atoms with E-state index < -0.39 is 0 Å². The molecule has 0 aliphatic carbocycles. The number of urea groups is 1. The molecule has 0 atom stereocenters. The van der Waals surface area contributed by atoms with Crippen molar-refractivity contribution in [3.63, 3.8) is 0 Å². The van der Waals surface area contributed by atoms with Crippen LogP contribution in [-0.4, -0.2) is 31.2 Å². The van der Waals surface area contributed by atoms with Crippen LogP contribution in [0.25, 0.3) is 11.3 Å². The molecular weight excluding hydrogens is 394 g/mol. The van der Waals surface area contributed by atoms with Gasteiger partial charge in [0.15, 0.2) is 5.82 Å². The average Bonchev–Trinajstić information content (AvgIpc) is 3.20. The van der Waals surface area contributed by atoms with Gasteiger partial charge in [-0.1, -0.05) is 6.92 Å². The van der Waals surface area contributed by atoms with Crippen molar-refractivity contribution in [1.82, 2.24) is 25.1 Å². The largest absolute Gasteiger partial charge is 0.438 e. The van der Waals surface area contributed by atoms with Gasteiger partial charge in [0.25, 0.3) is 0 Å². The summed E-state index contributed by atoms with van der Waals surface area (Å²) in [4.78, 5) is 25.2. The van der Waals surface area contributed by atoms with Crippen molar-refractivity contribution in [2.45, 2.75) is 20.3 Å². The summed E-state index contributed by atoms with van der Waals surface area (Å²) in [7, 11) is 0. The van der Waals surface area contributed by atoms with Crippen molar-refractivity contribution in [3.8, 4) is 22.9 Å². The number of nitrogens with zero attached hydrogens (tertiary/aromatic N) is 4. The molecule has 31 heavy (non-hydrogen) atoms. The molecule has 0 spiro atoms. The van der Waals surface area contributed by atoms with Gasteiger partial charge in [0.05, 0.1) is 11.3 Å². The van der Waals surface area contributed by atoms with Crippen LogP contribution < -0.4 is 15.4 Å². The number of aromatic nitrogens is 5. The van der Waals surface area contributed by atoms with Gasteiger partial charge in [0.1, 0.15) is 11.6 Å². The highest BCUT2D eigenvalue weighted by atomic mass is 16.5. The Balaban J connectivity index is 1.45. The molecule has 0 aliphatic heterocycles. The number of carbonyl (C=O) groups excluding carboxylic acids is 1. The van der Waals surface area contributed by atoms with Gasteiger partial charge < -0.3 is 10.1 Å². The number of amides is 2. The Morgan fingerprint density at radius 3 is 2.65 bits per heavy atom. The molecule has 0 fully saturated rings. The summed E-state index contributed by atoms with van der Waals surface area (Å²) in [5, 5.41) is 12.1. The first-order valence-corrected chi connectivity index (χ1v) is 9.76. The van der Waals surface area contributed by atoms with Crippen LogP contribution in [0, 0.1) is 6.92 Å². The molecule has 0 saturated carbocycles. The first-order chi connectivity index (χ1) is 15.1. The molecule has 0 saturated heterocycles. The molecule has 3 heterocycles. The highest BCUT2D eigenvalue weighted by Crippen LogP contribution is 2.30. The number of aryl methyl sites for hydroxylation is 2. The van der Waals surface area contributed by atoms with Gasteiger partial charge in [-0.25, -0.2) is 19.7 Å². The van der Waals surface area contributed by atoms with Gasteiger partial charge in [-0.2, -0.15) is 5.10 Å². The van der Waals surface area contributed by atoms with Gasteiger partial charge in [-0.15, -0.1) is 0 Å². The number of ether oxygens (including phenoxy) is 1. The Bertz CT molecular complexity index is 1190. The topological polar surface area (TPSA) is 118 Å². The molecule has 4 rings (SSSR count). The maximum atomic E-state index is 12.1. The van der Waals surface area contributed by atoms with Crippen LogP contribution in [0.2, 0.25) is 0 Å². The molecule has 3 aromatic heterocycles. The Hall–Kier alpha value is -4.27. The van der Waals surface area contributed by atoms with Crippen LogP contribution in [0.4, 0.5) is 16.3 Å². The maximum Gasteiger partial charge on any atom is 0.324 e. The third kappa shape index (κ3) is 5.02. The second-order valence-corrected chi connectivity index (χ2v) is 6.71. The van der Waals surface area contributed by atoms with E-state index in [1.165, 1.54) is 0 Å². The second kappa shape index (κ2) is 9.04. The first kappa shape index (κ1) is 20.0. The molecule has 1 aromatic carbocycles. The molecule has 3 N–H and O–H groups in total. The van der Waals surface area contributed by atoms with Gasteiger partial charge in [0, 0.05) is 36.3 Å². The molecule has 9 heteroatoms. The van der Waals surface area contributed by atoms with E-state index in [-0.39, 0.29) is 6.03 Å². The van der Waals surface area contributed by atoms with E-state index in [2.05, 4.69) is 35.8 Å². The number of aromatic amines is 1. The number of hydrogen-bond donors (Lipinski definition) is 3.